The Morgan fingerprint density at radius 2 is 1.15 bits per heavy atom. The molecule has 0 saturated heterocycles. The van der Waals surface area contributed by atoms with Crippen LogP contribution in [0.15, 0.2) is 24.2 Å². The number of hydrogen-bond acceptors (Lipinski definition) is 1. The maximum atomic E-state index is 11.8. The predicted molar refractivity (Wildman–Crippen MR) is 31.5 cm³/mol. The number of allylic oxidation sites excluding steroid dienone is 2. The Labute approximate surface area is 69.3 Å². The van der Waals surface area contributed by atoms with Crippen molar-refractivity contribution < 1.29 is 31.1 Å². The van der Waals surface area contributed by atoms with Crippen LogP contribution in [0, 0.1) is 0 Å². The van der Waals surface area contributed by atoms with Crippen LogP contribution in [0.5, 0.6) is 0 Å². The summed E-state index contributed by atoms with van der Waals surface area (Å²) in [5.74, 6) is -3.95. The molecular weight excluding hydrogens is 202 g/mol. The molecule has 13 heavy (non-hydrogen) atoms. The third-order valence-corrected chi connectivity index (χ3v) is 0.778. The van der Waals surface area contributed by atoms with E-state index in [4.69, 9.17) is 0 Å². The molecule has 0 saturated carbocycles. The molecule has 0 fully saturated rings. The van der Waals surface area contributed by atoms with E-state index in [9.17, 15) is 26.3 Å². The van der Waals surface area contributed by atoms with E-state index in [-0.39, 0.29) is 12.5 Å². The van der Waals surface area contributed by atoms with Crippen molar-refractivity contribution in [3.63, 3.8) is 0 Å². The fourth-order valence-electron chi connectivity index (χ4n) is 0.267. The number of rotatable bonds is 4. The molecule has 0 aliphatic rings. The number of alkyl halides is 4. The SMILES string of the molecule is FC(=COC=C(F)C(F)F)C(F)F. The summed E-state index contributed by atoms with van der Waals surface area (Å²) in [5.41, 5.74) is 0. The number of hydrogen-bond donors (Lipinski definition) is 0. The van der Waals surface area contributed by atoms with Gasteiger partial charge in [-0.25, -0.2) is 26.3 Å². The second-order valence-corrected chi connectivity index (χ2v) is 1.74. The van der Waals surface area contributed by atoms with Gasteiger partial charge in [0.1, 0.15) is 12.5 Å². The molecule has 7 heteroatoms. The third-order valence-electron chi connectivity index (χ3n) is 0.778. The molecule has 0 unspecified atom stereocenters. The largest absolute Gasteiger partial charge is 0.467 e. The average Bonchev–Trinajstić information content (AvgIpc) is 2.03. The van der Waals surface area contributed by atoms with E-state index in [1.54, 1.807) is 0 Å². The topological polar surface area (TPSA) is 9.23 Å². The lowest BCUT2D eigenvalue weighted by molar-refractivity contribution is 0.144. The van der Waals surface area contributed by atoms with Gasteiger partial charge in [0.2, 0.25) is 11.7 Å². The van der Waals surface area contributed by atoms with Gasteiger partial charge in [0.15, 0.2) is 0 Å². The molecule has 0 spiro atoms. The van der Waals surface area contributed by atoms with Crippen molar-refractivity contribution in [1.29, 1.82) is 0 Å². The van der Waals surface area contributed by atoms with Crippen molar-refractivity contribution >= 4 is 0 Å². The molecule has 0 heterocycles. The van der Waals surface area contributed by atoms with Gasteiger partial charge in [-0.2, -0.15) is 0 Å². The number of ether oxygens (including phenoxy) is 1. The normalized spacial score (nSPS) is 14.2. The lowest BCUT2D eigenvalue weighted by Gasteiger charge is -1.95. The Kier molecular flexibility index (Phi) is 5.01. The summed E-state index contributed by atoms with van der Waals surface area (Å²) in [4.78, 5) is 0. The van der Waals surface area contributed by atoms with Crippen LogP contribution >= 0.6 is 0 Å². The van der Waals surface area contributed by atoms with Gasteiger partial charge in [-0.3, -0.25) is 0 Å². The minimum Gasteiger partial charge on any atom is -0.467 e. The summed E-state index contributed by atoms with van der Waals surface area (Å²) in [5, 5.41) is 0. The first-order valence-corrected chi connectivity index (χ1v) is 2.88. The summed E-state index contributed by atoms with van der Waals surface area (Å²) in [6, 6.07) is 0. The van der Waals surface area contributed by atoms with Crippen LogP contribution in [0.3, 0.4) is 0 Å². The van der Waals surface area contributed by atoms with Gasteiger partial charge in [0, 0.05) is 0 Å². The average molecular weight is 206 g/mol. The summed E-state index contributed by atoms with van der Waals surface area (Å²) >= 11 is 0. The van der Waals surface area contributed by atoms with Gasteiger partial charge < -0.3 is 4.74 Å². The Morgan fingerprint density at radius 1 is 0.846 bits per heavy atom. The van der Waals surface area contributed by atoms with E-state index in [0.717, 1.165) is 0 Å². The van der Waals surface area contributed by atoms with Crippen molar-refractivity contribution in [2.45, 2.75) is 12.9 Å². The fraction of sp³-hybridized carbons (Fsp3) is 0.333. The van der Waals surface area contributed by atoms with Crippen molar-refractivity contribution in [1.82, 2.24) is 0 Å². The van der Waals surface area contributed by atoms with Gasteiger partial charge in [-0.1, -0.05) is 0 Å². The summed E-state index contributed by atoms with van der Waals surface area (Å²) in [6.45, 7) is 0. The van der Waals surface area contributed by atoms with E-state index in [1.807, 2.05) is 0 Å². The lowest BCUT2D eigenvalue weighted by atomic mass is 10.6. The van der Waals surface area contributed by atoms with E-state index in [1.165, 1.54) is 0 Å². The maximum Gasteiger partial charge on any atom is 0.292 e. The zero-order valence-corrected chi connectivity index (χ0v) is 5.99. The van der Waals surface area contributed by atoms with Gasteiger partial charge in [-0.15, -0.1) is 0 Å². The highest BCUT2D eigenvalue weighted by Crippen LogP contribution is 2.12. The van der Waals surface area contributed by atoms with Gasteiger partial charge in [-0.05, 0) is 0 Å². The van der Waals surface area contributed by atoms with Crippen LogP contribution in [0.25, 0.3) is 0 Å². The molecule has 76 valence electrons. The van der Waals surface area contributed by atoms with Gasteiger partial charge >= 0.3 is 0 Å². The molecule has 0 atom stereocenters. The van der Waals surface area contributed by atoms with Crippen molar-refractivity contribution in [2.24, 2.45) is 0 Å². The second kappa shape index (κ2) is 5.50. The van der Waals surface area contributed by atoms with Crippen LogP contribution in [0.1, 0.15) is 0 Å². The molecule has 0 aromatic carbocycles. The molecule has 0 rings (SSSR count). The van der Waals surface area contributed by atoms with Crippen LogP contribution in [0.2, 0.25) is 0 Å². The predicted octanol–water partition coefficient (Wildman–Crippen LogP) is 3.16. The highest BCUT2D eigenvalue weighted by Gasteiger charge is 2.11. The Bertz CT molecular complexity index is 187. The summed E-state index contributed by atoms with van der Waals surface area (Å²) in [7, 11) is 0. The molecule has 0 radical (unpaired) electrons. The van der Waals surface area contributed by atoms with Crippen molar-refractivity contribution in [2.75, 3.05) is 0 Å². The van der Waals surface area contributed by atoms with Gasteiger partial charge in [0.25, 0.3) is 12.9 Å². The highest BCUT2D eigenvalue weighted by molar-refractivity contribution is 4.94. The Balaban J connectivity index is 4.04. The van der Waals surface area contributed by atoms with E-state index in [0.29, 0.717) is 0 Å². The molecule has 0 aromatic heterocycles. The molecule has 0 aliphatic heterocycles. The van der Waals surface area contributed by atoms with E-state index < -0.39 is 24.5 Å². The van der Waals surface area contributed by atoms with E-state index in [2.05, 4.69) is 4.74 Å². The third kappa shape index (κ3) is 5.15. The minimum absolute atomic E-state index is 0.160. The smallest absolute Gasteiger partial charge is 0.292 e. The zero-order valence-electron chi connectivity index (χ0n) is 5.99. The second-order valence-electron chi connectivity index (χ2n) is 1.74. The van der Waals surface area contributed by atoms with E-state index >= 15 is 0 Å². The van der Waals surface area contributed by atoms with Gasteiger partial charge in [0.05, 0.1) is 0 Å². The molecule has 0 N–H and O–H groups in total. The Morgan fingerprint density at radius 3 is 1.38 bits per heavy atom. The molecular formula is C6H4F6O. The zero-order chi connectivity index (χ0) is 10.4. The summed E-state index contributed by atoms with van der Waals surface area (Å²) < 4.78 is 72.6. The molecule has 0 amide bonds. The first kappa shape index (κ1) is 11.9. The van der Waals surface area contributed by atoms with Crippen LogP contribution in [-0.2, 0) is 4.74 Å². The monoisotopic (exact) mass is 206 g/mol. The summed E-state index contributed by atoms with van der Waals surface area (Å²) in [6.07, 6.45) is -7.15. The first-order valence-electron chi connectivity index (χ1n) is 2.88. The lowest BCUT2D eigenvalue weighted by Crippen LogP contribution is -1.92. The highest BCUT2D eigenvalue weighted by atomic mass is 19.3. The van der Waals surface area contributed by atoms with Crippen LogP contribution in [0.4, 0.5) is 26.3 Å². The minimum atomic E-state index is -3.41. The van der Waals surface area contributed by atoms with Crippen LogP contribution in [-0.4, -0.2) is 12.9 Å². The molecule has 0 aromatic rings. The Hall–Kier alpha value is -1.14. The molecule has 0 bridgehead atoms. The molecule has 1 nitrogen and oxygen atoms in total. The molecule has 0 aliphatic carbocycles. The van der Waals surface area contributed by atoms with Crippen molar-refractivity contribution in [3.05, 3.63) is 24.2 Å². The standard InChI is InChI=1S/C6H4F6O/c7-3(5(9)10)1-13-2-4(8)6(11)12/h1-2,5-6H. The fourth-order valence-corrected chi connectivity index (χ4v) is 0.267. The van der Waals surface area contributed by atoms with Crippen LogP contribution < -0.4 is 0 Å². The quantitative estimate of drug-likeness (QED) is 0.507. The maximum absolute atomic E-state index is 11.8. The number of halogens is 6. The van der Waals surface area contributed by atoms with Crippen molar-refractivity contribution in [3.8, 4) is 0 Å². The first-order chi connectivity index (χ1) is 5.95.